The second kappa shape index (κ2) is 5.24. The lowest BCUT2D eigenvalue weighted by Crippen LogP contribution is -2.62. The molecule has 0 amide bonds. The van der Waals surface area contributed by atoms with E-state index in [0.29, 0.717) is 6.04 Å². The molecule has 0 aromatic heterocycles. The normalized spacial score (nSPS) is 32.5. The van der Waals surface area contributed by atoms with E-state index in [1.54, 1.807) is 0 Å². The Kier molecular flexibility index (Phi) is 3.58. The lowest BCUT2D eigenvalue weighted by Gasteiger charge is -2.48. The van der Waals surface area contributed by atoms with Gasteiger partial charge >= 0.3 is 0 Å². The first-order valence-corrected chi connectivity index (χ1v) is 7.66. The van der Waals surface area contributed by atoms with Gasteiger partial charge < -0.3 is 5.32 Å². The number of benzene rings is 1. The van der Waals surface area contributed by atoms with Crippen LogP contribution in [0.4, 0.5) is 0 Å². The summed E-state index contributed by atoms with van der Waals surface area (Å²) in [4.78, 5) is 2.50. The van der Waals surface area contributed by atoms with Crippen molar-refractivity contribution in [3.8, 4) is 12.3 Å². The molecule has 1 saturated heterocycles. The molecule has 0 radical (unpaired) electrons. The highest BCUT2D eigenvalue weighted by atomic mass is 15.3. The topological polar surface area (TPSA) is 15.3 Å². The summed E-state index contributed by atoms with van der Waals surface area (Å²) in [7, 11) is 0. The fraction of sp³-hybridized carbons (Fsp3) is 0.556. The van der Waals surface area contributed by atoms with E-state index in [1.807, 2.05) is 0 Å². The molecule has 2 fully saturated rings. The van der Waals surface area contributed by atoms with Crippen molar-refractivity contribution >= 4 is 0 Å². The third-order valence-electron chi connectivity index (χ3n) is 5.01. The van der Waals surface area contributed by atoms with Crippen LogP contribution < -0.4 is 5.32 Å². The highest BCUT2D eigenvalue weighted by Crippen LogP contribution is 2.43. The Hall–Kier alpha value is -1.30. The molecule has 1 heterocycles. The summed E-state index contributed by atoms with van der Waals surface area (Å²) in [5.74, 6) is 3.76. The van der Waals surface area contributed by atoms with Crippen molar-refractivity contribution in [1.82, 2.24) is 10.2 Å². The van der Waals surface area contributed by atoms with Gasteiger partial charge in [0.25, 0.3) is 0 Å². The summed E-state index contributed by atoms with van der Waals surface area (Å²) in [6, 6.07) is 11.3. The highest BCUT2D eigenvalue weighted by Gasteiger charge is 2.46. The number of nitrogens with one attached hydrogen (secondary N) is 1. The lowest BCUT2D eigenvalue weighted by molar-refractivity contribution is 0.0608. The number of nitrogens with zero attached hydrogens (tertiary/aromatic N) is 1. The first-order chi connectivity index (χ1) is 9.64. The molecule has 2 heteroatoms. The van der Waals surface area contributed by atoms with Crippen LogP contribution in [-0.4, -0.2) is 29.6 Å². The summed E-state index contributed by atoms with van der Waals surface area (Å²) in [5.41, 5.74) is 1.59. The standard InChI is InChI=1S/C18H24N2/c1-4-14(2)20-13-18(3,16-10-11-16)19-12-17(20)15-8-6-5-7-9-15/h1,5-9,14,16-17,19H,10-13H2,2-3H3. The van der Waals surface area contributed by atoms with Crippen molar-refractivity contribution in [2.24, 2.45) is 5.92 Å². The van der Waals surface area contributed by atoms with E-state index in [0.717, 1.165) is 19.0 Å². The first-order valence-electron chi connectivity index (χ1n) is 7.66. The summed E-state index contributed by atoms with van der Waals surface area (Å²) in [6.45, 7) is 6.54. The Bertz CT molecular complexity index is 500. The van der Waals surface area contributed by atoms with Gasteiger partial charge in [-0.05, 0) is 38.2 Å². The van der Waals surface area contributed by atoms with Crippen molar-refractivity contribution in [3.63, 3.8) is 0 Å². The van der Waals surface area contributed by atoms with Crippen LogP contribution in [0.15, 0.2) is 30.3 Å². The average Bonchev–Trinajstić information content (AvgIpc) is 3.32. The lowest BCUT2D eigenvalue weighted by atomic mass is 9.88. The van der Waals surface area contributed by atoms with E-state index >= 15 is 0 Å². The van der Waals surface area contributed by atoms with Crippen LogP contribution in [0.2, 0.25) is 0 Å². The maximum atomic E-state index is 5.71. The predicted octanol–water partition coefficient (Wildman–Crippen LogP) is 2.82. The molecule has 0 spiro atoms. The van der Waals surface area contributed by atoms with Gasteiger partial charge in [-0.25, -0.2) is 0 Å². The van der Waals surface area contributed by atoms with Crippen molar-refractivity contribution < 1.29 is 0 Å². The van der Waals surface area contributed by atoms with Gasteiger partial charge in [-0.15, -0.1) is 6.42 Å². The van der Waals surface area contributed by atoms with Crippen LogP contribution in [0.25, 0.3) is 0 Å². The first kappa shape index (κ1) is 13.7. The van der Waals surface area contributed by atoms with Crippen molar-refractivity contribution in [2.75, 3.05) is 13.1 Å². The van der Waals surface area contributed by atoms with Crippen LogP contribution in [0.5, 0.6) is 0 Å². The van der Waals surface area contributed by atoms with Gasteiger partial charge in [0, 0.05) is 24.7 Å². The Labute approximate surface area is 122 Å². The van der Waals surface area contributed by atoms with Crippen molar-refractivity contribution in [1.29, 1.82) is 0 Å². The Morgan fingerprint density at radius 1 is 1.35 bits per heavy atom. The molecule has 1 aromatic carbocycles. The third-order valence-corrected chi connectivity index (χ3v) is 5.01. The van der Waals surface area contributed by atoms with Gasteiger partial charge in [-0.1, -0.05) is 36.3 Å². The fourth-order valence-corrected chi connectivity index (χ4v) is 3.47. The number of rotatable bonds is 3. The second-order valence-corrected chi connectivity index (χ2v) is 6.51. The average molecular weight is 268 g/mol. The highest BCUT2D eigenvalue weighted by molar-refractivity contribution is 5.23. The van der Waals surface area contributed by atoms with E-state index in [1.165, 1.54) is 18.4 Å². The molecule has 106 valence electrons. The predicted molar refractivity (Wildman–Crippen MR) is 83.3 cm³/mol. The molecule has 2 nitrogen and oxygen atoms in total. The van der Waals surface area contributed by atoms with E-state index in [-0.39, 0.29) is 11.6 Å². The van der Waals surface area contributed by atoms with Crippen LogP contribution in [-0.2, 0) is 0 Å². The minimum absolute atomic E-state index is 0.181. The van der Waals surface area contributed by atoms with Gasteiger partial charge in [-0.3, -0.25) is 4.90 Å². The third kappa shape index (κ3) is 2.49. The summed E-state index contributed by atoms with van der Waals surface area (Å²) < 4.78 is 0. The molecule has 1 aliphatic carbocycles. The number of hydrogen-bond donors (Lipinski definition) is 1. The van der Waals surface area contributed by atoms with Crippen molar-refractivity contribution in [3.05, 3.63) is 35.9 Å². The zero-order chi connectivity index (χ0) is 14.2. The smallest absolute Gasteiger partial charge is 0.0689 e. The largest absolute Gasteiger partial charge is 0.308 e. The van der Waals surface area contributed by atoms with Gasteiger partial charge in [0.15, 0.2) is 0 Å². The van der Waals surface area contributed by atoms with Gasteiger partial charge in [0.1, 0.15) is 0 Å². The number of hydrogen-bond acceptors (Lipinski definition) is 2. The monoisotopic (exact) mass is 268 g/mol. The SMILES string of the molecule is C#CC(C)N1CC(C)(C2CC2)NCC1c1ccccc1. The fourth-order valence-electron chi connectivity index (χ4n) is 3.47. The Morgan fingerprint density at radius 3 is 2.65 bits per heavy atom. The van der Waals surface area contributed by atoms with Crippen LogP contribution in [0.3, 0.4) is 0 Å². The quantitative estimate of drug-likeness (QED) is 0.848. The van der Waals surface area contributed by atoms with Crippen LogP contribution >= 0.6 is 0 Å². The minimum atomic E-state index is 0.181. The van der Waals surface area contributed by atoms with Crippen LogP contribution in [0, 0.1) is 18.3 Å². The second-order valence-electron chi connectivity index (χ2n) is 6.51. The van der Waals surface area contributed by atoms with E-state index in [4.69, 9.17) is 6.42 Å². The Balaban J connectivity index is 1.85. The Morgan fingerprint density at radius 2 is 2.05 bits per heavy atom. The van der Waals surface area contributed by atoms with Crippen molar-refractivity contribution in [2.45, 2.75) is 44.3 Å². The zero-order valence-corrected chi connectivity index (χ0v) is 12.5. The molecule has 2 aliphatic rings. The molecule has 20 heavy (non-hydrogen) atoms. The molecule has 3 atom stereocenters. The minimum Gasteiger partial charge on any atom is -0.308 e. The molecule has 0 bridgehead atoms. The molecule has 3 unspecified atom stereocenters. The molecular weight excluding hydrogens is 244 g/mol. The molecule has 3 rings (SSSR count). The van der Waals surface area contributed by atoms with Gasteiger partial charge in [0.05, 0.1) is 6.04 Å². The summed E-state index contributed by atoms with van der Waals surface area (Å²) in [6.07, 6.45) is 8.43. The van der Waals surface area contributed by atoms with Gasteiger partial charge in [-0.2, -0.15) is 0 Å². The maximum Gasteiger partial charge on any atom is 0.0689 e. The summed E-state index contributed by atoms with van der Waals surface area (Å²) >= 11 is 0. The van der Waals surface area contributed by atoms with Crippen LogP contribution in [0.1, 0.15) is 38.3 Å². The number of terminal acetylenes is 1. The molecular formula is C18H24N2. The molecule has 1 N–H and O–H groups in total. The van der Waals surface area contributed by atoms with E-state index in [2.05, 4.69) is 60.3 Å². The molecule has 1 aromatic rings. The van der Waals surface area contributed by atoms with Gasteiger partial charge in [0.2, 0.25) is 0 Å². The summed E-state index contributed by atoms with van der Waals surface area (Å²) in [5, 5.41) is 3.80. The van der Waals surface area contributed by atoms with E-state index in [9.17, 15) is 0 Å². The maximum absolute atomic E-state index is 5.71. The zero-order valence-electron chi connectivity index (χ0n) is 12.5. The molecule has 1 aliphatic heterocycles. The number of piperazine rings is 1. The molecule has 1 saturated carbocycles. The van der Waals surface area contributed by atoms with E-state index < -0.39 is 0 Å².